The van der Waals surface area contributed by atoms with E-state index in [0.29, 0.717) is 16.8 Å². The van der Waals surface area contributed by atoms with Crippen molar-refractivity contribution in [2.75, 3.05) is 19.6 Å². The first kappa shape index (κ1) is 40.2. The summed E-state index contributed by atoms with van der Waals surface area (Å²) in [6.45, 7) is -1.21. The highest BCUT2D eigenvalue weighted by Gasteiger charge is 2.31. The first-order valence-electron chi connectivity index (χ1n) is 17.3. The molecule has 2 heterocycles. The van der Waals surface area contributed by atoms with Crippen LogP contribution in [0.1, 0.15) is 36.1 Å². The molecule has 1 aromatic heterocycles. The highest BCUT2D eigenvalue weighted by molar-refractivity contribution is 5.96. The number of carbonyl (C=O) groups excluding carboxylic acids is 8. The quantitative estimate of drug-likeness (QED) is 0.105. The molecule has 0 spiro atoms. The number of benzene rings is 2. The zero-order valence-electron chi connectivity index (χ0n) is 29.4. The first-order valence-corrected chi connectivity index (χ1v) is 17.3. The second-order valence-corrected chi connectivity index (χ2v) is 12.6. The van der Waals surface area contributed by atoms with E-state index < -0.39 is 84.5 Å². The minimum atomic E-state index is -1.28. The number of nitrogens with zero attached hydrogens (tertiary/aromatic N) is 1. The molecule has 8 amide bonds. The average molecular weight is 745 g/mol. The van der Waals surface area contributed by atoms with Crippen LogP contribution in [0.25, 0.3) is 0 Å². The maximum Gasteiger partial charge on any atom is 0.243 e. The van der Waals surface area contributed by atoms with Gasteiger partial charge < -0.3 is 47.9 Å². The SMILES string of the molecule is NC(=O)CNC(=O)[C@@H]1CCNC(=O)CC[C@H](NC(=O)Cc2ccccc2)C(=O)N[C@@H](Cc2cnc[nH]2)C(=O)N[C@H](Cc2ccccc2)C(=O)NCC(=O)N1. The van der Waals surface area contributed by atoms with Gasteiger partial charge in [-0.1, -0.05) is 60.7 Å². The van der Waals surface area contributed by atoms with Crippen molar-refractivity contribution in [3.63, 3.8) is 0 Å². The van der Waals surface area contributed by atoms with Crippen molar-refractivity contribution >= 4 is 47.3 Å². The zero-order valence-corrected chi connectivity index (χ0v) is 29.4. The fourth-order valence-electron chi connectivity index (χ4n) is 5.55. The van der Waals surface area contributed by atoms with Crippen molar-refractivity contribution in [3.8, 4) is 0 Å². The lowest BCUT2D eigenvalue weighted by Crippen LogP contribution is -2.58. The van der Waals surface area contributed by atoms with Crippen LogP contribution in [0.5, 0.6) is 0 Å². The highest BCUT2D eigenvalue weighted by atomic mass is 16.2. The minimum Gasteiger partial charge on any atom is -0.368 e. The molecule has 1 fully saturated rings. The second kappa shape index (κ2) is 20.4. The molecule has 0 radical (unpaired) electrons. The van der Waals surface area contributed by atoms with Crippen LogP contribution in [-0.2, 0) is 57.6 Å². The van der Waals surface area contributed by atoms with Crippen LogP contribution in [-0.4, -0.2) is 101 Å². The molecule has 1 saturated heterocycles. The van der Waals surface area contributed by atoms with Crippen LogP contribution in [0.15, 0.2) is 73.2 Å². The number of nitrogens with one attached hydrogen (secondary N) is 8. The number of hydrogen-bond acceptors (Lipinski definition) is 9. The van der Waals surface area contributed by atoms with Gasteiger partial charge in [0.25, 0.3) is 0 Å². The second-order valence-electron chi connectivity index (χ2n) is 12.6. The van der Waals surface area contributed by atoms with Gasteiger partial charge in [0, 0.05) is 37.7 Å². The number of imidazole rings is 1. The molecule has 0 bridgehead atoms. The summed E-state index contributed by atoms with van der Waals surface area (Å²) in [5.41, 5.74) is 6.99. The van der Waals surface area contributed by atoms with Crippen molar-refractivity contribution in [2.45, 2.75) is 62.7 Å². The standard InChI is InChI=1S/C36H44N10O8/c37-29(47)19-40-33(51)26-13-14-39-30(48)12-11-25(43-31(49)16-23-9-5-2-6-10-23)35(53)46-28(17-24-18-38-21-42-24)36(54)45-27(15-22-7-3-1-4-8-22)34(52)41-20-32(50)44-26/h1-10,18,21,25-28H,11-17,19-20H2,(H2,37,47)(H,38,42)(H,39,48)(H,40,51)(H,41,52)(H,43,49)(H,44,50)(H,45,54)(H,46,53)/t25-,26-,27+,28-/m0/s1. The van der Waals surface area contributed by atoms with Crippen LogP contribution in [0.2, 0.25) is 0 Å². The lowest BCUT2D eigenvalue weighted by Gasteiger charge is -2.25. The number of hydrogen-bond donors (Lipinski definition) is 9. The zero-order chi connectivity index (χ0) is 38.9. The normalized spacial score (nSPS) is 20.6. The van der Waals surface area contributed by atoms with Crippen LogP contribution < -0.4 is 43.0 Å². The van der Waals surface area contributed by atoms with E-state index in [-0.39, 0.29) is 45.1 Å². The summed E-state index contributed by atoms with van der Waals surface area (Å²) in [6.07, 6.45) is 2.20. The number of H-pyrrole nitrogens is 1. The lowest BCUT2D eigenvalue weighted by atomic mass is 10.0. The molecule has 286 valence electrons. The molecule has 3 aromatic rings. The Balaban J connectivity index is 1.63. The predicted octanol–water partition coefficient (Wildman–Crippen LogP) is -2.61. The number of nitrogens with two attached hydrogens (primary N) is 1. The third-order valence-corrected chi connectivity index (χ3v) is 8.31. The molecule has 4 atom stereocenters. The Morgan fingerprint density at radius 1 is 0.759 bits per heavy atom. The molecule has 54 heavy (non-hydrogen) atoms. The number of amides is 8. The smallest absolute Gasteiger partial charge is 0.243 e. The van der Waals surface area contributed by atoms with E-state index in [1.807, 2.05) is 0 Å². The third-order valence-electron chi connectivity index (χ3n) is 8.31. The molecular weight excluding hydrogens is 700 g/mol. The largest absolute Gasteiger partial charge is 0.368 e. The predicted molar refractivity (Wildman–Crippen MR) is 192 cm³/mol. The number of primary amides is 1. The van der Waals surface area contributed by atoms with Gasteiger partial charge in [-0.3, -0.25) is 38.4 Å². The molecular formula is C36H44N10O8. The minimum absolute atomic E-state index is 0.00878. The molecule has 0 unspecified atom stereocenters. The van der Waals surface area contributed by atoms with Gasteiger partial charge in [0.05, 0.1) is 25.8 Å². The van der Waals surface area contributed by atoms with Gasteiger partial charge in [-0.2, -0.15) is 0 Å². The fraction of sp³-hybridized carbons (Fsp3) is 0.361. The summed E-state index contributed by atoms with van der Waals surface area (Å²) >= 11 is 0. The van der Waals surface area contributed by atoms with Gasteiger partial charge in [0.15, 0.2) is 0 Å². The molecule has 1 aliphatic heterocycles. The van der Waals surface area contributed by atoms with E-state index in [0.717, 1.165) is 0 Å². The number of aromatic amines is 1. The van der Waals surface area contributed by atoms with Crippen LogP contribution in [0.3, 0.4) is 0 Å². The van der Waals surface area contributed by atoms with Crippen molar-refractivity contribution < 1.29 is 38.4 Å². The molecule has 1 aliphatic rings. The third kappa shape index (κ3) is 13.5. The van der Waals surface area contributed by atoms with Gasteiger partial charge in [-0.15, -0.1) is 0 Å². The van der Waals surface area contributed by atoms with E-state index in [1.54, 1.807) is 60.7 Å². The first-order chi connectivity index (χ1) is 26.0. The molecule has 2 aromatic carbocycles. The maximum atomic E-state index is 13.9. The van der Waals surface area contributed by atoms with Crippen LogP contribution in [0, 0.1) is 0 Å². The summed E-state index contributed by atoms with van der Waals surface area (Å²) in [5.74, 6) is -5.64. The van der Waals surface area contributed by atoms with Gasteiger partial charge in [-0.25, -0.2) is 4.98 Å². The average Bonchev–Trinajstić information content (AvgIpc) is 3.67. The summed E-state index contributed by atoms with van der Waals surface area (Å²) in [7, 11) is 0. The Morgan fingerprint density at radius 3 is 2.09 bits per heavy atom. The fourth-order valence-corrected chi connectivity index (χ4v) is 5.55. The van der Waals surface area contributed by atoms with Gasteiger partial charge in [-0.05, 0) is 24.0 Å². The lowest BCUT2D eigenvalue weighted by molar-refractivity contribution is -0.134. The van der Waals surface area contributed by atoms with Crippen molar-refractivity contribution in [2.24, 2.45) is 5.73 Å². The van der Waals surface area contributed by atoms with Crippen LogP contribution in [0.4, 0.5) is 0 Å². The summed E-state index contributed by atoms with van der Waals surface area (Å²) in [6, 6.07) is 12.6. The van der Waals surface area contributed by atoms with E-state index in [4.69, 9.17) is 5.73 Å². The molecule has 4 rings (SSSR count). The number of rotatable bonds is 10. The van der Waals surface area contributed by atoms with Crippen LogP contribution >= 0.6 is 0 Å². The summed E-state index contributed by atoms with van der Waals surface area (Å²) < 4.78 is 0. The van der Waals surface area contributed by atoms with E-state index in [9.17, 15) is 38.4 Å². The van der Waals surface area contributed by atoms with Crippen molar-refractivity contribution in [1.29, 1.82) is 0 Å². The molecule has 0 saturated carbocycles. The Bertz CT molecular complexity index is 1770. The van der Waals surface area contributed by atoms with E-state index >= 15 is 0 Å². The Morgan fingerprint density at radius 2 is 1.43 bits per heavy atom. The summed E-state index contributed by atoms with van der Waals surface area (Å²) in [4.78, 5) is 111. The van der Waals surface area contributed by atoms with Gasteiger partial charge in [0.1, 0.15) is 24.2 Å². The van der Waals surface area contributed by atoms with Crippen molar-refractivity contribution in [1.82, 2.24) is 47.2 Å². The molecule has 10 N–H and O–H groups in total. The molecule has 18 nitrogen and oxygen atoms in total. The molecule has 18 heteroatoms. The monoisotopic (exact) mass is 744 g/mol. The van der Waals surface area contributed by atoms with Crippen molar-refractivity contribution in [3.05, 3.63) is 90.0 Å². The Hall–Kier alpha value is -6.59. The van der Waals surface area contributed by atoms with E-state index in [1.165, 1.54) is 12.5 Å². The van der Waals surface area contributed by atoms with Gasteiger partial charge in [0.2, 0.25) is 47.3 Å². The number of aromatic nitrogens is 2. The highest BCUT2D eigenvalue weighted by Crippen LogP contribution is 2.08. The topological polar surface area (TPSA) is 275 Å². The summed E-state index contributed by atoms with van der Waals surface area (Å²) in [5, 5.41) is 17.9. The Kier molecular flexibility index (Phi) is 15.2. The Labute approximate surface area is 310 Å². The van der Waals surface area contributed by atoms with E-state index in [2.05, 4.69) is 47.2 Å². The number of carbonyl (C=O) groups is 8. The van der Waals surface area contributed by atoms with Gasteiger partial charge >= 0.3 is 0 Å². The molecule has 0 aliphatic carbocycles. The maximum absolute atomic E-state index is 13.9.